The molecule has 2 aromatic carbocycles. The van der Waals surface area contributed by atoms with Crippen LogP contribution >= 0.6 is 27.5 Å². The average molecular weight is 326 g/mol. The van der Waals surface area contributed by atoms with Gasteiger partial charge < -0.3 is 4.74 Å². The normalized spacial score (nSPS) is 10.2. The van der Waals surface area contributed by atoms with E-state index in [9.17, 15) is 4.79 Å². The van der Waals surface area contributed by atoms with Crippen molar-refractivity contribution in [2.24, 2.45) is 0 Å². The molecule has 0 heterocycles. The van der Waals surface area contributed by atoms with Gasteiger partial charge in [-0.25, -0.2) is 0 Å². The number of Topliss-reactive ketones (excluding diaryl/α,β-unsaturated/α-hetero) is 1. The standard InChI is InChI=1S/C14H10BrClO2/c1-9(17)13-8-10(15)2-7-14(13)18-12-5-3-11(16)4-6-12/h2-8H,1H3. The Hall–Kier alpha value is -1.32. The fourth-order valence-corrected chi connectivity index (χ4v) is 1.98. The van der Waals surface area contributed by atoms with Crippen LogP contribution in [-0.4, -0.2) is 5.78 Å². The van der Waals surface area contributed by atoms with E-state index in [1.165, 1.54) is 6.92 Å². The lowest BCUT2D eigenvalue weighted by Crippen LogP contribution is -1.97. The summed E-state index contributed by atoms with van der Waals surface area (Å²) in [5.41, 5.74) is 0.541. The van der Waals surface area contributed by atoms with Gasteiger partial charge in [-0.05, 0) is 49.4 Å². The Morgan fingerprint density at radius 1 is 1.17 bits per heavy atom. The highest BCUT2D eigenvalue weighted by Gasteiger charge is 2.10. The predicted octanol–water partition coefficient (Wildman–Crippen LogP) is 5.10. The lowest BCUT2D eigenvalue weighted by molar-refractivity contribution is 0.101. The zero-order valence-corrected chi connectivity index (χ0v) is 12.0. The minimum atomic E-state index is -0.0414. The molecule has 0 radical (unpaired) electrons. The topological polar surface area (TPSA) is 26.3 Å². The second-order valence-corrected chi connectivity index (χ2v) is 5.10. The molecule has 0 unspecified atom stereocenters. The third-order valence-corrected chi connectivity index (χ3v) is 3.11. The molecule has 2 nitrogen and oxygen atoms in total. The number of halogens is 2. The molecule has 18 heavy (non-hydrogen) atoms. The highest BCUT2D eigenvalue weighted by molar-refractivity contribution is 9.10. The molecule has 0 aromatic heterocycles. The van der Waals surface area contributed by atoms with Crippen molar-refractivity contribution < 1.29 is 9.53 Å². The quantitative estimate of drug-likeness (QED) is 0.734. The van der Waals surface area contributed by atoms with Gasteiger partial charge in [-0.2, -0.15) is 0 Å². The van der Waals surface area contributed by atoms with Crippen LogP contribution in [0.25, 0.3) is 0 Å². The molecule has 0 saturated heterocycles. The Bertz CT molecular complexity index is 579. The fraction of sp³-hybridized carbons (Fsp3) is 0.0714. The van der Waals surface area contributed by atoms with Crippen LogP contribution in [-0.2, 0) is 0 Å². The zero-order chi connectivity index (χ0) is 13.1. The van der Waals surface area contributed by atoms with E-state index in [2.05, 4.69) is 15.9 Å². The fourth-order valence-electron chi connectivity index (χ4n) is 1.50. The summed E-state index contributed by atoms with van der Waals surface area (Å²) in [6.07, 6.45) is 0. The molecule has 2 aromatic rings. The van der Waals surface area contributed by atoms with Gasteiger partial charge in [-0.3, -0.25) is 4.79 Å². The number of hydrogen-bond acceptors (Lipinski definition) is 2. The number of ketones is 1. The monoisotopic (exact) mass is 324 g/mol. The van der Waals surface area contributed by atoms with Crippen LogP contribution in [0.4, 0.5) is 0 Å². The lowest BCUT2D eigenvalue weighted by Gasteiger charge is -2.09. The van der Waals surface area contributed by atoms with Crippen molar-refractivity contribution in [3.05, 3.63) is 57.5 Å². The molecule has 0 aliphatic rings. The molecule has 0 N–H and O–H groups in total. The van der Waals surface area contributed by atoms with Crippen molar-refractivity contribution in [3.8, 4) is 11.5 Å². The first-order valence-electron chi connectivity index (χ1n) is 5.30. The van der Waals surface area contributed by atoms with E-state index >= 15 is 0 Å². The first-order valence-corrected chi connectivity index (χ1v) is 6.47. The van der Waals surface area contributed by atoms with Crippen LogP contribution in [0.2, 0.25) is 5.02 Å². The molecular formula is C14H10BrClO2. The van der Waals surface area contributed by atoms with E-state index in [0.29, 0.717) is 22.1 Å². The first kappa shape index (κ1) is 13.1. The van der Waals surface area contributed by atoms with E-state index < -0.39 is 0 Å². The van der Waals surface area contributed by atoms with Crippen LogP contribution in [0.5, 0.6) is 11.5 Å². The van der Waals surface area contributed by atoms with Gasteiger partial charge in [0.15, 0.2) is 5.78 Å². The van der Waals surface area contributed by atoms with E-state index in [1.807, 2.05) is 6.07 Å². The van der Waals surface area contributed by atoms with Crippen molar-refractivity contribution in [2.75, 3.05) is 0 Å². The van der Waals surface area contributed by atoms with Crippen LogP contribution in [0.3, 0.4) is 0 Å². The zero-order valence-electron chi connectivity index (χ0n) is 9.61. The number of ether oxygens (including phenoxy) is 1. The first-order chi connectivity index (χ1) is 8.56. The number of rotatable bonds is 3. The Morgan fingerprint density at radius 3 is 2.44 bits per heavy atom. The van der Waals surface area contributed by atoms with Crippen molar-refractivity contribution in [1.82, 2.24) is 0 Å². The predicted molar refractivity (Wildman–Crippen MR) is 75.7 cm³/mol. The van der Waals surface area contributed by atoms with Crippen molar-refractivity contribution in [2.45, 2.75) is 6.92 Å². The second-order valence-electron chi connectivity index (χ2n) is 3.75. The van der Waals surface area contributed by atoms with Gasteiger partial charge in [0.25, 0.3) is 0 Å². The lowest BCUT2D eigenvalue weighted by atomic mass is 10.1. The maximum Gasteiger partial charge on any atom is 0.163 e. The summed E-state index contributed by atoms with van der Waals surface area (Å²) in [5, 5.41) is 0.643. The van der Waals surface area contributed by atoms with Gasteiger partial charge in [0.05, 0.1) is 5.56 Å². The SMILES string of the molecule is CC(=O)c1cc(Br)ccc1Oc1ccc(Cl)cc1. The van der Waals surface area contributed by atoms with E-state index in [-0.39, 0.29) is 5.78 Å². The minimum Gasteiger partial charge on any atom is -0.457 e. The van der Waals surface area contributed by atoms with Gasteiger partial charge in [-0.1, -0.05) is 27.5 Å². The molecule has 0 amide bonds. The number of carbonyl (C=O) groups excluding carboxylic acids is 1. The molecule has 4 heteroatoms. The number of benzene rings is 2. The van der Waals surface area contributed by atoms with Gasteiger partial charge in [0.1, 0.15) is 11.5 Å². The van der Waals surface area contributed by atoms with Crippen LogP contribution in [0.1, 0.15) is 17.3 Å². The summed E-state index contributed by atoms with van der Waals surface area (Å²) in [4.78, 5) is 11.5. The summed E-state index contributed by atoms with van der Waals surface area (Å²) in [7, 11) is 0. The summed E-state index contributed by atoms with van der Waals surface area (Å²) in [6, 6.07) is 12.3. The maximum atomic E-state index is 11.5. The van der Waals surface area contributed by atoms with E-state index in [1.54, 1.807) is 36.4 Å². The van der Waals surface area contributed by atoms with Crippen LogP contribution in [0, 0.1) is 0 Å². The third-order valence-electron chi connectivity index (χ3n) is 2.36. The molecule has 0 bridgehead atoms. The van der Waals surface area contributed by atoms with Gasteiger partial charge in [0.2, 0.25) is 0 Å². The Balaban J connectivity index is 2.34. The van der Waals surface area contributed by atoms with Crippen LogP contribution < -0.4 is 4.74 Å². The Labute approximate surface area is 119 Å². The maximum absolute atomic E-state index is 11.5. The smallest absolute Gasteiger partial charge is 0.163 e. The van der Waals surface area contributed by atoms with Gasteiger partial charge >= 0.3 is 0 Å². The molecule has 0 aliphatic carbocycles. The molecule has 2 rings (SSSR count). The average Bonchev–Trinajstić information content (AvgIpc) is 2.34. The van der Waals surface area contributed by atoms with Crippen molar-refractivity contribution >= 4 is 33.3 Å². The third kappa shape index (κ3) is 3.12. The number of carbonyl (C=O) groups is 1. The van der Waals surface area contributed by atoms with E-state index in [4.69, 9.17) is 16.3 Å². The molecule has 0 saturated carbocycles. The highest BCUT2D eigenvalue weighted by atomic mass is 79.9. The largest absolute Gasteiger partial charge is 0.457 e. The van der Waals surface area contributed by atoms with Crippen LogP contribution in [0.15, 0.2) is 46.9 Å². The molecule has 0 aliphatic heterocycles. The van der Waals surface area contributed by atoms with Gasteiger partial charge in [0, 0.05) is 9.50 Å². The second kappa shape index (κ2) is 5.55. The minimum absolute atomic E-state index is 0.0414. The van der Waals surface area contributed by atoms with E-state index in [0.717, 1.165) is 4.47 Å². The summed E-state index contributed by atoms with van der Waals surface area (Å²) < 4.78 is 6.52. The molecular weight excluding hydrogens is 316 g/mol. The van der Waals surface area contributed by atoms with Crippen molar-refractivity contribution in [3.63, 3.8) is 0 Å². The Morgan fingerprint density at radius 2 is 1.83 bits per heavy atom. The number of hydrogen-bond donors (Lipinski definition) is 0. The summed E-state index contributed by atoms with van der Waals surface area (Å²) in [5.74, 6) is 1.14. The molecule has 0 fully saturated rings. The highest BCUT2D eigenvalue weighted by Crippen LogP contribution is 2.29. The molecule has 92 valence electrons. The summed E-state index contributed by atoms with van der Waals surface area (Å²) >= 11 is 9.14. The van der Waals surface area contributed by atoms with Gasteiger partial charge in [-0.15, -0.1) is 0 Å². The molecule has 0 spiro atoms. The molecule has 0 atom stereocenters. The Kier molecular flexibility index (Phi) is 4.04. The summed E-state index contributed by atoms with van der Waals surface area (Å²) in [6.45, 7) is 1.51. The van der Waals surface area contributed by atoms with Crippen molar-refractivity contribution in [1.29, 1.82) is 0 Å².